The van der Waals surface area contributed by atoms with Crippen LogP contribution in [0.4, 0.5) is 4.39 Å². The van der Waals surface area contributed by atoms with Gasteiger partial charge in [-0.3, -0.25) is 9.59 Å². The van der Waals surface area contributed by atoms with Gasteiger partial charge < -0.3 is 9.47 Å². The average molecular weight is 384 g/mol. The molecule has 1 saturated carbocycles. The molecule has 2 atom stereocenters. The molecule has 1 aliphatic carbocycles. The van der Waals surface area contributed by atoms with Crippen LogP contribution in [-0.4, -0.2) is 24.0 Å². The maximum absolute atomic E-state index is 13.0. The van der Waals surface area contributed by atoms with Gasteiger partial charge in [0.15, 0.2) is 5.78 Å². The summed E-state index contributed by atoms with van der Waals surface area (Å²) in [7, 11) is 0. The number of hydrogen-bond acceptors (Lipinski definition) is 4. The molecule has 0 heterocycles. The quantitative estimate of drug-likeness (QED) is 0.493. The third-order valence-electron chi connectivity index (χ3n) is 4.89. The minimum atomic E-state index is -0.373. The van der Waals surface area contributed by atoms with Crippen LogP contribution in [0.1, 0.15) is 61.4 Å². The van der Waals surface area contributed by atoms with Crippen molar-refractivity contribution in [1.29, 1.82) is 0 Å². The van der Waals surface area contributed by atoms with E-state index in [9.17, 15) is 14.0 Å². The van der Waals surface area contributed by atoms with Crippen molar-refractivity contribution >= 4 is 11.8 Å². The predicted octanol–water partition coefficient (Wildman–Crippen LogP) is 5.09. The van der Waals surface area contributed by atoms with Gasteiger partial charge in [-0.25, -0.2) is 4.39 Å². The first-order valence-electron chi connectivity index (χ1n) is 9.83. The van der Waals surface area contributed by atoms with E-state index in [4.69, 9.17) is 9.47 Å². The van der Waals surface area contributed by atoms with Gasteiger partial charge in [-0.1, -0.05) is 6.92 Å². The molecule has 3 rings (SSSR count). The van der Waals surface area contributed by atoms with Crippen molar-refractivity contribution in [1.82, 2.24) is 0 Å². The van der Waals surface area contributed by atoms with Crippen LogP contribution >= 0.6 is 0 Å². The topological polar surface area (TPSA) is 52.6 Å². The molecule has 2 aromatic carbocycles. The standard InChI is InChI=1S/C23H25FO4/c1-2-5-22(25)28-21-7-4-3-6-20(21)27-19-14-10-17(11-15-19)23(26)16-8-12-18(24)13-9-16/h8-15,20-21H,2-7H2,1H3. The van der Waals surface area contributed by atoms with Gasteiger partial charge in [-0.15, -0.1) is 0 Å². The molecular weight excluding hydrogens is 359 g/mol. The molecule has 2 aromatic rings. The van der Waals surface area contributed by atoms with Gasteiger partial charge in [0.1, 0.15) is 23.8 Å². The maximum atomic E-state index is 13.0. The van der Waals surface area contributed by atoms with E-state index in [1.54, 1.807) is 24.3 Å². The fraction of sp³-hybridized carbons (Fsp3) is 0.391. The summed E-state index contributed by atoms with van der Waals surface area (Å²) in [5.74, 6) is -0.0834. The molecule has 0 spiro atoms. The summed E-state index contributed by atoms with van der Waals surface area (Å²) in [6, 6.07) is 12.4. The molecule has 0 bridgehead atoms. The number of benzene rings is 2. The van der Waals surface area contributed by atoms with E-state index in [1.807, 2.05) is 6.92 Å². The normalized spacial score (nSPS) is 19.1. The van der Waals surface area contributed by atoms with Crippen molar-refractivity contribution in [3.05, 3.63) is 65.5 Å². The lowest BCUT2D eigenvalue weighted by atomic mass is 9.94. The Labute approximate surface area is 164 Å². The van der Waals surface area contributed by atoms with E-state index in [0.29, 0.717) is 23.3 Å². The molecule has 0 aromatic heterocycles. The lowest BCUT2D eigenvalue weighted by Gasteiger charge is -2.31. The average Bonchev–Trinajstić information content (AvgIpc) is 2.70. The summed E-state index contributed by atoms with van der Waals surface area (Å²) >= 11 is 0. The van der Waals surface area contributed by atoms with Gasteiger partial charge in [0, 0.05) is 17.5 Å². The number of ether oxygens (including phenoxy) is 2. The fourth-order valence-corrected chi connectivity index (χ4v) is 3.39. The van der Waals surface area contributed by atoms with Gasteiger partial charge in [0.05, 0.1) is 0 Å². The second-order valence-electron chi connectivity index (χ2n) is 7.08. The van der Waals surface area contributed by atoms with Crippen LogP contribution in [0.2, 0.25) is 0 Å². The summed E-state index contributed by atoms with van der Waals surface area (Å²) in [5.41, 5.74) is 0.943. The zero-order valence-electron chi connectivity index (χ0n) is 16.0. The molecule has 5 heteroatoms. The smallest absolute Gasteiger partial charge is 0.306 e. The largest absolute Gasteiger partial charge is 0.487 e. The molecular formula is C23H25FO4. The molecule has 0 aliphatic heterocycles. The molecule has 1 fully saturated rings. The second-order valence-corrected chi connectivity index (χ2v) is 7.08. The predicted molar refractivity (Wildman–Crippen MR) is 104 cm³/mol. The summed E-state index contributed by atoms with van der Waals surface area (Å²) < 4.78 is 24.7. The molecule has 148 valence electrons. The highest BCUT2D eigenvalue weighted by Gasteiger charge is 2.30. The molecule has 1 aliphatic rings. The summed E-state index contributed by atoms with van der Waals surface area (Å²) in [6.45, 7) is 1.95. The van der Waals surface area contributed by atoms with Gasteiger partial charge in [-0.2, -0.15) is 0 Å². The SMILES string of the molecule is CCCC(=O)OC1CCCCC1Oc1ccc(C(=O)c2ccc(F)cc2)cc1. The Morgan fingerprint density at radius 3 is 2.11 bits per heavy atom. The van der Waals surface area contributed by atoms with Crippen LogP contribution in [0.5, 0.6) is 5.75 Å². The molecule has 4 nitrogen and oxygen atoms in total. The van der Waals surface area contributed by atoms with E-state index in [2.05, 4.69) is 0 Å². The Balaban J connectivity index is 1.64. The third kappa shape index (κ3) is 5.18. The highest BCUT2D eigenvalue weighted by Crippen LogP contribution is 2.27. The summed E-state index contributed by atoms with van der Waals surface area (Å²) in [5, 5.41) is 0. The van der Waals surface area contributed by atoms with Crippen LogP contribution in [0, 0.1) is 5.82 Å². The number of ketones is 1. The van der Waals surface area contributed by atoms with Crippen molar-refractivity contribution < 1.29 is 23.5 Å². The first-order valence-corrected chi connectivity index (χ1v) is 9.83. The van der Waals surface area contributed by atoms with Gasteiger partial charge in [-0.05, 0) is 80.6 Å². The molecule has 0 saturated heterocycles. The minimum absolute atomic E-state index is 0.171. The second kappa shape index (κ2) is 9.49. The summed E-state index contributed by atoms with van der Waals surface area (Å²) in [6.07, 6.45) is 4.48. The fourth-order valence-electron chi connectivity index (χ4n) is 3.39. The zero-order valence-corrected chi connectivity index (χ0v) is 16.0. The monoisotopic (exact) mass is 384 g/mol. The molecule has 0 radical (unpaired) electrons. The summed E-state index contributed by atoms with van der Waals surface area (Å²) in [4.78, 5) is 24.3. The van der Waals surface area contributed by atoms with Crippen LogP contribution in [0.15, 0.2) is 48.5 Å². The van der Waals surface area contributed by atoms with Gasteiger partial charge >= 0.3 is 5.97 Å². The first-order chi connectivity index (χ1) is 13.6. The Morgan fingerprint density at radius 2 is 1.50 bits per heavy atom. The lowest BCUT2D eigenvalue weighted by molar-refractivity contribution is -0.156. The Kier molecular flexibility index (Phi) is 6.80. The molecule has 0 N–H and O–H groups in total. The van der Waals surface area contributed by atoms with Crippen molar-refractivity contribution in [3.63, 3.8) is 0 Å². The van der Waals surface area contributed by atoms with Crippen LogP contribution in [-0.2, 0) is 9.53 Å². The van der Waals surface area contributed by atoms with Crippen molar-refractivity contribution in [2.75, 3.05) is 0 Å². The molecule has 0 amide bonds. The molecule has 2 unspecified atom stereocenters. The van der Waals surface area contributed by atoms with E-state index in [1.165, 1.54) is 24.3 Å². The van der Waals surface area contributed by atoms with Crippen LogP contribution in [0.25, 0.3) is 0 Å². The van der Waals surface area contributed by atoms with E-state index < -0.39 is 0 Å². The minimum Gasteiger partial charge on any atom is -0.487 e. The Hall–Kier alpha value is -2.69. The van der Waals surface area contributed by atoms with Crippen molar-refractivity contribution in [2.45, 2.75) is 57.7 Å². The number of halogens is 1. The zero-order chi connectivity index (χ0) is 19.9. The van der Waals surface area contributed by atoms with E-state index in [0.717, 1.165) is 32.1 Å². The number of carbonyl (C=O) groups is 2. The first kappa shape index (κ1) is 20.1. The molecule has 28 heavy (non-hydrogen) atoms. The number of carbonyl (C=O) groups excluding carboxylic acids is 2. The Morgan fingerprint density at radius 1 is 0.929 bits per heavy atom. The Bertz CT molecular complexity index is 798. The number of rotatable bonds is 7. The highest BCUT2D eigenvalue weighted by molar-refractivity contribution is 6.08. The van der Waals surface area contributed by atoms with Crippen molar-refractivity contribution in [3.8, 4) is 5.75 Å². The van der Waals surface area contributed by atoms with Crippen LogP contribution in [0.3, 0.4) is 0 Å². The van der Waals surface area contributed by atoms with Crippen molar-refractivity contribution in [2.24, 2.45) is 0 Å². The van der Waals surface area contributed by atoms with E-state index >= 15 is 0 Å². The maximum Gasteiger partial charge on any atom is 0.306 e. The highest BCUT2D eigenvalue weighted by atomic mass is 19.1. The van der Waals surface area contributed by atoms with Gasteiger partial charge in [0.2, 0.25) is 0 Å². The lowest BCUT2D eigenvalue weighted by Crippen LogP contribution is -2.38. The third-order valence-corrected chi connectivity index (χ3v) is 4.89. The van der Waals surface area contributed by atoms with Crippen LogP contribution < -0.4 is 4.74 Å². The van der Waals surface area contributed by atoms with Gasteiger partial charge in [0.25, 0.3) is 0 Å². The van der Waals surface area contributed by atoms with E-state index in [-0.39, 0.29) is 29.8 Å². The number of esters is 1. The number of hydrogen-bond donors (Lipinski definition) is 0.